The van der Waals surface area contributed by atoms with E-state index in [0.717, 1.165) is 23.6 Å². The summed E-state index contributed by atoms with van der Waals surface area (Å²) in [6, 6.07) is 13.8. The van der Waals surface area contributed by atoms with Gasteiger partial charge in [0, 0.05) is 6.21 Å². The van der Waals surface area contributed by atoms with Crippen molar-refractivity contribution in [3.8, 4) is 5.75 Å². The highest BCUT2D eigenvalue weighted by Crippen LogP contribution is 2.20. The highest BCUT2D eigenvalue weighted by molar-refractivity contribution is 5.84. The number of carbonyl (C=O) groups excluding carboxylic acids is 1. The van der Waals surface area contributed by atoms with Gasteiger partial charge in [-0.05, 0) is 29.3 Å². The number of hydrogen-bond acceptors (Lipinski definition) is 3. The molecule has 0 bridgehead atoms. The Kier molecular flexibility index (Phi) is 5.12. The summed E-state index contributed by atoms with van der Waals surface area (Å²) >= 11 is 0. The van der Waals surface area contributed by atoms with Crippen molar-refractivity contribution >= 4 is 22.9 Å². The lowest BCUT2D eigenvalue weighted by atomic mass is 10.1. The predicted octanol–water partition coefficient (Wildman–Crippen LogP) is 3.12. The summed E-state index contributed by atoms with van der Waals surface area (Å²) in [5, 5.41) is 6.05. The first-order chi connectivity index (χ1) is 9.79. The van der Waals surface area contributed by atoms with Gasteiger partial charge in [-0.25, -0.2) is 5.43 Å². The van der Waals surface area contributed by atoms with Crippen LogP contribution in [0, 0.1) is 0 Å². The molecule has 104 valence electrons. The number of hydrazone groups is 1. The molecule has 2 rings (SSSR count). The van der Waals surface area contributed by atoms with Gasteiger partial charge in [-0.2, -0.15) is 5.10 Å². The van der Waals surface area contributed by atoms with Crippen LogP contribution in [0.25, 0.3) is 10.8 Å². The van der Waals surface area contributed by atoms with Crippen molar-refractivity contribution in [1.29, 1.82) is 0 Å². The van der Waals surface area contributed by atoms with Gasteiger partial charge in [0.05, 0.1) is 0 Å². The number of hydrogen-bond donors (Lipinski definition) is 1. The average molecular weight is 270 g/mol. The molecule has 4 nitrogen and oxygen atoms in total. The molecule has 1 N–H and O–H groups in total. The van der Waals surface area contributed by atoms with E-state index in [4.69, 9.17) is 4.74 Å². The second kappa shape index (κ2) is 7.28. The van der Waals surface area contributed by atoms with E-state index >= 15 is 0 Å². The fraction of sp³-hybridized carbons (Fsp3) is 0.250. The van der Waals surface area contributed by atoms with Crippen LogP contribution in [-0.4, -0.2) is 18.7 Å². The molecule has 0 radical (unpaired) electrons. The minimum Gasteiger partial charge on any atom is -0.484 e. The van der Waals surface area contributed by atoms with E-state index in [1.54, 1.807) is 6.21 Å². The lowest BCUT2D eigenvalue weighted by Gasteiger charge is -2.06. The molecular formula is C16H18N2O2. The molecule has 0 spiro atoms. The van der Waals surface area contributed by atoms with Gasteiger partial charge in [-0.3, -0.25) is 4.79 Å². The number of nitrogens with zero attached hydrogens (tertiary/aromatic N) is 1. The van der Waals surface area contributed by atoms with Crippen LogP contribution in [0.4, 0.5) is 0 Å². The third-order valence-electron chi connectivity index (χ3n) is 2.79. The molecule has 0 fully saturated rings. The molecule has 4 heteroatoms. The van der Waals surface area contributed by atoms with E-state index in [2.05, 4.69) is 17.5 Å². The number of benzene rings is 2. The van der Waals surface area contributed by atoms with Gasteiger partial charge < -0.3 is 4.74 Å². The summed E-state index contributed by atoms with van der Waals surface area (Å²) in [5.74, 6) is 0.418. The topological polar surface area (TPSA) is 50.7 Å². The normalized spacial score (nSPS) is 10.8. The van der Waals surface area contributed by atoms with Crippen molar-refractivity contribution in [1.82, 2.24) is 5.43 Å². The van der Waals surface area contributed by atoms with E-state index in [-0.39, 0.29) is 12.5 Å². The smallest absolute Gasteiger partial charge is 0.277 e. The Morgan fingerprint density at radius 1 is 1.25 bits per heavy atom. The van der Waals surface area contributed by atoms with Crippen LogP contribution in [0.2, 0.25) is 0 Å². The van der Waals surface area contributed by atoms with E-state index in [1.165, 1.54) is 0 Å². The SMILES string of the molecule is CCC/C=N\NC(=O)COc1ccc2ccccc2c1. The van der Waals surface area contributed by atoms with Gasteiger partial charge >= 0.3 is 0 Å². The van der Waals surface area contributed by atoms with Crippen molar-refractivity contribution in [2.24, 2.45) is 5.10 Å². The zero-order chi connectivity index (χ0) is 14.2. The van der Waals surface area contributed by atoms with Gasteiger partial charge in [0.15, 0.2) is 6.61 Å². The number of ether oxygens (including phenoxy) is 1. The molecule has 0 aliphatic rings. The highest BCUT2D eigenvalue weighted by atomic mass is 16.5. The van der Waals surface area contributed by atoms with E-state index in [0.29, 0.717) is 5.75 Å². The number of amides is 1. The van der Waals surface area contributed by atoms with Gasteiger partial charge in [-0.1, -0.05) is 43.7 Å². The largest absolute Gasteiger partial charge is 0.484 e. The van der Waals surface area contributed by atoms with Crippen LogP contribution in [0.5, 0.6) is 5.75 Å². The van der Waals surface area contributed by atoms with E-state index in [1.807, 2.05) is 42.5 Å². The molecule has 1 amide bonds. The number of unbranched alkanes of at least 4 members (excludes halogenated alkanes) is 1. The number of nitrogens with one attached hydrogen (secondary N) is 1. The van der Waals surface area contributed by atoms with Crippen LogP contribution < -0.4 is 10.2 Å². The van der Waals surface area contributed by atoms with Crippen LogP contribution in [0.1, 0.15) is 19.8 Å². The van der Waals surface area contributed by atoms with Gasteiger partial charge in [0.25, 0.3) is 5.91 Å². The molecular weight excluding hydrogens is 252 g/mol. The lowest BCUT2D eigenvalue weighted by Crippen LogP contribution is -2.24. The Balaban J connectivity index is 1.87. The lowest BCUT2D eigenvalue weighted by molar-refractivity contribution is -0.123. The summed E-state index contributed by atoms with van der Waals surface area (Å²) in [6.45, 7) is 2.01. The van der Waals surface area contributed by atoms with Crippen LogP contribution >= 0.6 is 0 Å². The Morgan fingerprint density at radius 2 is 2.05 bits per heavy atom. The van der Waals surface area contributed by atoms with E-state index < -0.39 is 0 Å². The first kappa shape index (κ1) is 14.1. The standard InChI is InChI=1S/C16H18N2O2/c1-2-3-10-17-18-16(19)12-20-15-9-8-13-6-4-5-7-14(13)11-15/h4-11H,2-3,12H2,1H3,(H,18,19)/b17-10-. The van der Waals surface area contributed by atoms with Crippen molar-refractivity contribution in [2.45, 2.75) is 19.8 Å². The van der Waals surface area contributed by atoms with Crippen molar-refractivity contribution in [3.05, 3.63) is 42.5 Å². The van der Waals surface area contributed by atoms with Crippen molar-refractivity contribution in [3.63, 3.8) is 0 Å². The molecule has 0 saturated heterocycles. The minimum atomic E-state index is -0.259. The van der Waals surface area contributed by atoms with E-state index in [9.17, 15) is 4.79 Å². The molecule has 0 heterocycles. The number of fused-ring (bicyclic) bond motifs is 1. The molecule has 0 saturated carbocycles. The summed E-state index contributed by atoms with van der Waals surface area (Å²) in [4.78, 5) is 11.5. The molecule has 0 aliphatic carbocycles. The Bertz CT molecular complexity index is 608. The number of rotatable bonds is 6. The zero-order valence-electron chi connectivity index (χ0n) is 11.5. The van der Waals surface area contributed by atoms with Crippen LogP contribution in [0.15, 0.2) is 47.6 Å². The first-order valence-corrected chi connectivity index (χ1v) is 6.71. The quantitative estimate of drug-likeness (QED) is 0.647. The van der Waals surface area contributed by atoms with Gasteiger partial charge in [0.1, 0.15) is 5.75 Å². The van der Waals surface area contributed by atoms with Crippen molar-refractivity contribution in [2.75, 3.05) is 6.61 Å². The van der Waals surface area contributed by atoms with Gasteiger partial charge in [-0.15, -0.1) is 0 Å². The average Bonchev–Trinajstić information content (AvgIpc) is 2.49. The van der Waals surface area contributed by atoms with Crippen molar-refractivity contribution < 1.29 is 9.53 Å². The maximum Gasteiger partial charge on any atom is 0.277 e. The van der Waals surface area contributed by atoms with Crippen LogP contribution in [-0.2, 0) is 4.79 Å². The molecule has 2 aromatic carbocycles. The highest BCUT2D eigenvalue weighted by Gasteiger charge is 2.02. The Morgan fingerprint density at radius 3 is 2.85 bits per heavy atom. The first-order valence-electron chi connectivity index (χ1n) is 6.71. The zero-order valence-corrected chi connectivity index (χ0v) is 11.5. The molecule has 0 aliphatic heterocycles. The molecule has 0 atom stereocenters. The fourth-order valence-electron chi connectivity index (χ4n) is 1.75. The van der Waals surface area contributed by atoms with Gasteiger partial charge in [0.2, 0.25) is 0 Å². The summed E-state index contributed by atoms with van der Waals surface area (Å²) in [5.41, 5.74) is 2.43. The second-order valence-corrected chi connectivity index (χ2v) is 4.43. The Hall–Kier alpha value is -2.36. The third-order valence-corrected chi connectivity index (χ3v) is 2.79. The monoisotopic (exact) mass is 270 g/mol. The molecule has 0 unspecified atom stereocenters. The summed E-state index contributed by atoms with van der Waals surface area (Å²) < 4.78 is 5.45. The molecule has 20 heavy (non-hydrogen) atoms. The van der Waals surface area contributed by atoms with Crippen LogP contribution in [0.3, 0.4) is 0 Å². The molecule has 0 aromatic heterocycles. The third kappa shape index (κ3) is 4.09. The predicted molar refractivity (Wildman–Crippen MR) is 81.0 cm³/mol. The molecule has 2 aromatic rings. The summed E-state index contributed by atoms with van der Waals surface area (Å²) in [7, 11) is 0. The number of carbonyl (C=O) groups is 1. The Labute approximate surface area is 118 Å². The fourth-order valence-corrected chi connectivity index (χ4v) is 1.75. The second-order valence-electron chi connectivity index (χ2n) is 4.43. The minimum absolute atomic E-state index is 0.0399. The maximum atomic E-state index is 11.5. The maximum absolute atomic E-state index is 11.5. The summed E-state index contributed by atoms with van der Waals surface area (Å²) in [6.07, 6.45) is 3.55.